The number of halogens is 3. The minimum Gasteiger partial charge on any atom is -0.343 e. The second-order valence-corrected chi connectivity index (χ2v) is 8.62. The molecule has 0 fully saturated rings. The largest absolute Gasteiger partial charge is 0.343 e. The number of rotatable bonds is 8. The molecule has 1 aliphatic carbocycles. The van der Waals surface area contributed by atoms with E-state index in [0.29, 0.717) is 24.0 Å². The predicted molar refractivity (Wildman–Crippen MR) is 123 cm³/mol. The predicted octanol–water partition coefficient (Wildman–Crippen LogP) is 7.66. The highest BCUT2D eigenvalue weighted by atomic mass is 19.1. The average Bonchev–Trinajstić information content (AvgIpc) is 2.69. The zero-order chi connectivity index (χ0) is 23.9. The first-order chi connectivity index (χ1) is 14.3. The van der Waals surface area contributed by atoms with Gasteiger partial charge < -0.3 is 5.32 Å². The van der Waals surface area contributed by atoms with E-state index in [9.17, 15) is 18.0 Å². The van der Waals surface area contributed by atoms with Gasteiger partial charge in [0.25, 0.3) is 5.91 Å². The van der Waals surface area contributed by atoms with Gasteiger partial charge in [-0.25, -0.2) is 13.2 Å². The molecule has 0 heterocycles. The fraction of sp³-hybridized carbons (Fsp3) is 0.423. The third-order valence-corrected chi connectivity index (χ3v) is 5.19. The Bertz CT molecular complexity index is 913. The smallest absolute Gasteiger partial charge is 0.255 e. The summed E-state index contributed by atoms with van der Waals surface area (Å²) in [6, 6.07) is 0. The van der Waals surface area contributed by atoms with E-state index < -0.39 is 28.9 Å². The molecule has 1 rings (SSSR count). The van der Waals surface area contributed by atoms with Crippen molar-refractivity contribution in [1.82, 2.24) is 5.32 Å². The lowest BCUT2D eigenvalue weighted by molar-refractivity contribution is -0.118. The Morgan fingerprint density at radius 2 is 1.87 bits per heavy atom. The lowest BCUT2D eigenvalue weighted by Crippen LogP contribution is -2.45. The van der Waals surface area contributed by atoms with Crippen molar-refractivity contribution in [2.75, 3.05) is 0 Å². The van der Waals surface area contributed by atoms with Crippen molar-refractivity contribution in [2.24, 2.45) is 5.92 Å². The number of amides is 1. The van der Waals surface area contributed by atoms with E-state index in [1.807, 2.05) is 25.2 Å². The van der Waals surface area contributed by atoms with Crippen LogP contribution in [0.3, 0.4) is 0 Å². The minimum atomic E-state index is -0.713. The second kappa shape index (κ2) is 11.2. The van der Waals surface area contributed by atoms with Gasteiger partial charge in [0, 0.05) is 12.0 Å². The van der Waals surface area contributed by atoms with Crippen molar-refractivity contribution in [2.45, 2.75) is 66.8 Å². The first-order valence-electron chi connectivity index (χ1n) is 10.4. The summed E-state index contributed by atoms with van der Waals surface area (Å²) in [5.74, 6) is -2.59. The van der Waals surface area contributed by atoms with Crippen molar-refractivity contribution in [1.29, 1.82) is 0 Å². The van der Waals surface area contributed by atoms with Crippen LogP contribution in [0, 0.1) is 5.92 Å². The van der Waals surface area contributed by atoms with Crippen LogP contribution in [0.1, 0.15) is 61.3 Å². The van der Waals surface area contributed by atoms with Crippen LogP contribution in [0.2, 0.25) is 0 Å². The van der Waals surface area contributed by atoms with E-state index in [1.54, 1.807) is 40.7 Å². The third-order valence-electron chi connectivity index (χ3n) is 5.19. The molecule has 0 aliphatic heterocycles. The Morgan fingerprint density at radius 1 is 1.26 bits per heavy atom. The Hall–Kier alpha value is -2.56. The minimum absolute atomic E-state index is 0.0285. The molecule has 0 bridgehead atoms. The molecule has 0 aromatic heterocycles. The summed E-state index contributed by atoms with van der Waals surface area (Å²) in [4.78, 5) is 12.8. The molecule has 0 saturated heterocycles. The topological polar surface area (TPSA) is 29.1 Å². The standard InChI is InChI=1S/C26H34F3NO/c1-9-18(6)23(24(29)17(4)5)25(31)30-26(8)12-10-20(11-13-26)14-19(7)22(28)15-21(27)16(2)3/h9-12,15-16H,4,13-14H2,1-3,5-8H3,(H,30,31). The number of nitrogens with one attached hydrogen (secondary N) is 1. The van der Waals surface area contributed by atoms with Crippen LogP contribution in [0.15, 0.2) is 82.3 Å². The Kier molecular flexibility index (Phi) is 9.54. The molecule has 0 aromatic carbocycles. The van der Waals surface area contributed by atoms with Gasteiger partial charge in [0.15, 0.2) is 0 Å². The van der Waals surface area contributed by atoms with Gasteiger partial charge in [0.1, 0.15) is 17.5 Å². The van der Waals surface area contributed by atoms with Crippen LogP contribution < -0.4 is 5.32 Å². The van der Waals surface area contributed by atoms with E-state index >= 15 is 0 Å². The quantitative estimate of drug-likeness (QED) is 0.309. The van der Waals surface area contributed by atoms with Gasteiger partial charge in [-0.1, -0.05) is 44.7 Å². The molecule has 2 nitrogen and oxygen atoms in total. The van der Waals surface area contributed by atoms with Crippen molar-refractivity contribution in [3.8, 4) is 0 Å². The van der Waals surface area contributed by atoms with Crippen LogP contribution in [-0.4, -0.2) is 11.4 Å². The molecule has 0 aromatic rings. The second-order valence-electron chi connectivity index (χ2n) is 8.62. The molecule has 1 amide bonds. The van der Waals surface area contributed by atoms with Gasteiger partial charge in [-0.05, 0) is 69.8 Å². The lowest BCUT2D eigenvalue weighted by Gasteiger charge is -2.30. The summed E-state index contributed by atoms with van der Waals surface area (Å²) < 4.78 is 42.5. The van der Waals surface area contributed by atoms with Crippen LogP contribution in [0.25, 0.3) is 0 Å². The van der Waals surface area contributed by atoms with Gasteiger partial charge in [0.2, 0.25) is 0 Å². The number of hydrogen-bond donors (Lipinski definition) is 1. The van der Waals surface area contributed by atoms with Crippen LogP contribution in [-0.2, 0) is 4.79 Å². The summed E-state index contributed by atoms with van der Waals surface area (Å²) >= 11 is 0. The summed E-state index contributed by atoms with van der Waals surface area (Å²) in [6.07, 6.45) is 8.94. The van der Waals surface area contributed by atoms with E-state index in [-0.39, 0.29) is 17.1 Å². The fourth-order valence-electron chi connectivity index (χ4n) is 2.93. The van der Waals surface area contributed by atoms with E-state index in [4.69, 9.17) is 0 Å². The molecule has 1 aliphatic rings. The highest BCUT2D eigenvalue weighted by molar-refractivity contribution is 5.99. The number of hydrogen-bond acceptors (Lipinski definition) is 1. The molecule has 0 radical (unpaired) electrons. The number of allylic oxidation sites excluding steroid dienone is 9. The number of carbonyl (C=O) groups excluding carboxylic acids is 1. The summed E-state index contributed by atoms with van der Waals surface area (Å²) in [5, 5.41) is 2.89. The van der Waals surface area contributed by atoms with Gasteiger partial charge >= 0.3 is 0 Å². The SMILES string of the molecule is C=C(C)C(F)=C(C(=O)NC1(C)C=CC(CC(C)=C(F)C=C(F)C(C)C)=CC1)C(C)=CC. The first kappa shape index (κ1) is 26.5. The zero-order valence-corrected chi connectivity index (χ0v) is 19.6. The highest BCUT2D eigenvalue weighted by Crippen LogP contribution is 2.28. The number of carbonyl (C=O) groups is 1. The Balaban J connectivity index is 2.98. The molecule has 1 N–H and O–H groups in total. The average molecular weight is 434 g/mol. The van der Waals surface area contributed by atoms with E-state index in [2.05, 4.69) is 11.9 Å². The molecule has 0 spiro atoms. The molecule has 1 atom stereocenters. The van der Waals surface area contributed by atoms with Gasteiger partial charge in [0.05, 0.1) is 11.1 Å². The summed E-state index contributed by atoms with van der Waals surface area (Å²) in [5.41, 5.74) is 1.26. The summed E-state index contributed by atoms with van der Waals surface area (Å²) in [6.45, 7) is 15.3. The van der Waals surface area contributed by atoms with Crippen LogP contribution in [0.5, 0.6) is 0 Å². The van der Waals surface area contributed by atoms with Crippen molar-refractivity contribution in [3.05, 3.63) is 82.3 Å². The Morgan fingerprint density at radius 3 is 2.32 bits per heavy atom. The monoisotopic (exact) mass is 433 g/mol. The molecule has 0 saturated carbocycles. The molecule has 170 valence electrons. The molecule has 5 heteroatoms. The maximum Gasteiger partial charge on any atom is 0.255 e. The lowest BCUT2D eigenvalue weighted by atomic mass is 9.87. The molecular weight excluding hydrogens is 399 g/mol. The van der Waals surface area contributed by atoms with E-state index in [1.165, 1.54) is 6.92 Å². The Labute approximate surface area is 184 Å². The van der Waals surface area contributed by atoms with Gasteiger partial charge in [-0.15, -0.1) is 0 Å². The molecule has 31 heavy (non-hydrogen) atoms. The fourth-order valence-corrected chi connectivity index (χ4v) is 2.93. The van der Waals surface area contributed by atoms with Gasteiger partial charge in [-0.2, -0.15) is 0 Å². The van der Waals surface area contributed by atoms with Crippen LogP contribution in [0.4, 0.5) is 13.2 Å². The van der Waals surface area contributed by atoms with Gasteiger partial charge in [-0.3, -0.25) is 4.79 Å². The maximum absolute atomic E-state index is 14.6. The normalized spacial score (nSPS) is 21.5. The third kappa shape index (κ3) is 7.57. The van der Waals surface area contributed by atoms with E-state index in [0.717, 1.165) is 11.6 Å². The first-order valence-corrected chi connectivity index (χ1v) is 10.4. The summed E-state index contributed by atoms with van der Waals surface area (Å²) in [7, 11) is 0. The van der Waals surface area contributed by atoms with Crippen molar-refractivity contribution >= 4 is 5.91 Å². The van der Waals surface area contributed by atoms with Crippen molar-refractivity contribution < 1.29 is 18.0 Å². The zero-order valence-electron chi connectivity index (χ0n) is 19.6. The molecular formula is C26H34F3NO. The molecule has 1 unspecified atom stereocenters. The maximum atomic E-state index is 14.6. The van der Waals surface area contributed by atoms with Crippen molar-refractivity contribution in [3.63, 3.8) is 0 Å². The van der Waals surface area contributed by atoms with Crippen LogP contribution >= 0.6 is 0 Å². The highest BCUT2D eigenvalue weighted by Gasteiger charge is 2.28.